The molecule has 4 fully saturated rings. The first kappa shape index (κ1) is 28.5. The van der Waals surface area contributed by atoms with Crippen LogP contribution in [0.2, 0.25) is 0 Å². The van der Waals surface area contributed by atoms with Gasteiger partial charge in [0.2, 0.25) is 0 Å². The third-order valence-corrected chi connectivity index (χ3v) is 12.5. The third kappa shape index (κ3) is 3.88. The van der Waals surface area contributed by atoms with E-state index >= 15 is 0 Å². The van der Waals surface area contributed by atoms with Crippen molar-refractivity contribution in [2.75, 3.05) is 0 Å². The Morgan fingerprint density at radius 3 is 2.14 bits per heavy atom. The molecule has 11 atom stereocenters. The molecule has 4 aliphatic rings. The Kier molecular flexibility index (Phi) is 6.93. The monoisotopic (exact) mass is 508 g/mol. The van der Waals surface area contributed by atoms with E-state index < -0.39 is 34.9 Å². The minimum Gasteiger partial charge on any atom is -0.393 e. The average Bonchev–Trinajstić information content (AvgIpc) is 3.06. The molecular formula is C30H52O6. The van der Waals surface area contributed by atoms with E-state index in [1.807, 2.05) is 13.0 Å². The van der Waals surface area contributed by atoms with Gasteiger partial charge in [-0.05, 0) is 106 Å². The molecule has 0 bridgehead atoms. The van der Waals surface area contributed by atoms with Crippen LogP contribution in [0.15, 0.2) is 12.2 Å². The fourth-order valence-electron chi connectivity index (χ4n) is 10.3. The van der Waals surface area contributed by atoms with E-state index in [4.69, 9.17) is 5.26 Å². The molecule has 36 heavy (non-hydrogen) atoms. The molecule has 208 valence electrons. The van der Waals surface area contributed by atoms with E-state index in [0.29, 0.717) is 19.3 Å². The Labute approximate surface area is 218 Å². The van der Waals surface area contributed by atoms with Gasteiger partial charge in [-0.15, -0.1) is 0 Å². The van der Waals surface area contributed by atoms with Crippen molar-refractivity contribution in [3.05, 3.63) is 12.2 Å². The first-order chi connectivity index (χ1) is 16.4. The standard InChI is InChI=1S/C30H52O6/c1-25(2,36-35)12-9-13-29(7,34)21-10-15-28(6)19-16-20(31)24-26(3,4)22(32)11-14-27(24,5)18(19)17-23(33)30(21,28)8/h9,12,18-24,31-35H,10-11,13-17H2,1-8H3/b12-9+/t18?,19?,20-,21?,22?,23?,24?,27?,28-,29?,30?/m0/s1. The van der Waals surface area contributed by atoms with Gasteiger partial charge in [-0.2, -0.15) is 0 Å². The molecule has 4 aliphatic carbocycles. The smallest absolute Gasteiger partial charge is 0.116 e. The van der Waals surface area contributed by atoms with Crippen LogP contribution in [0.25, 0.3) is 0 Å². The van der Waals surface area contributed by atoms with Gasteiger partial charge in [-0.3, -0.25) is 5.26 Å². The van der Waals surface area contributed by atoms with E-state index in [1.165, 1.54) is 0 Å². The maximum Gasteiger partial charge on any atom is 0.116 e. The van der Waals surface area contributed by atoms with Crippen LogP contribution in [0.5, 0.6) is 0 Å². The molecule has 0 heterocycles. The maximum absolute atomic E-state index is 11.9. The first-order valence-corrected chi connectivity index (χ1v) is 14.2. The lowest BCUT2D eigenvalue weighted by atomic mass is 9.36. The van der Waals surface area contributed by atoms with Crippen molar-refractivity contribution >= 4 is 0 Å². The summed E-state index contributed by atoms with van der Waals surface area (Å²) >= 11 is 0. The van der Waals surface area contributed by atoms with Crippen molar-refractivity contribution < 1.29 is 30.6 Å². The predicted molar refractivity (Wildman–Crippen MR) is 140 cm³/mol. The molecule has 6 nitrogen and oxygen atoms in total. The zero-order valence-electron chi connectivity index (χ0n) is 23.8. The van der Waals surface area contributed by atoms with Crippen LogP contribution in [0.1, 0.15) is 100 Å². The maximum atomic E-state index is 11.9. The minimum atomic E-state index is -1.03. The molecule has 0 aliphatic heterocycles. The molecule has 0 amide bonds. The van der Waals surface area contributed by atoms with E-state index in [9.17, 15) is 20.4 Å². The van der Waals surface area contributed by atoms with Crippen LogP contribution < -0.4 is 0 Å². The van der Waals surface area contributed by atoms with Crippen LogP contribution in [-0.4, -0.2) is 55.2 Å². The van der Waals surface area contributed by atoms with Gasteiger partial charge in [-0.1, -0.05) is 46.8 Å². The molecule has 0 aromatic heterocycles. The highest BCUT2D eigenvalue weighted by Crippen LogP contribution is 2.74. The molecule has 0 aromatic rings. The van der Waals surface area contributed by atoms with E-state index in [0.717, 1.165) is 25.7 Å². The summed E-state index contributed by atoms with van der Waals surface area (Å²) in [5.74, 6) is 0.432. The number of aliphatic hydroxyl groups excluding tert-OH is 3. The summed E-state index contributed by atoms with van der Waals surface area (Å²) in [5, 5.41) is 55.3. The quantitative estimate of drug-likeness (QED) is 0.204. The lowest BCUT2D eigenvalue weighted by molar-refractivity contribution is -0.297. The van der Waals surface area contributed by atoms with Gasteiger partial charge in [0.1, 0.15) is 5.60 Å². The molecule has 0 saturated heterocycles. The summed E-state index contributed by atoms with van der Waals surface area (Å²) < 4.78 is 0. The largest absolute Gasteiger partial charge is 0.393 e. The highest BCUT2D eigenvalue weighted by Gasteiger charge is 2.72. The Morgan fingerprint density at radius 2 is 1.53 bits per heavy atom. The van der Waals surface area contributed by atoms with Gasteiger partial charge in [0, 0.05) is 5.41 Å². The van der Waals surface area contributed by atoms with Gasteiger partial charge in [0.25, 0.3) is 0 Å². The molecule has 5 N–H and O–H groups in total. The van der Waals surface area contributed by atoms with E-state index in [-0.39, 0.29) is 39.9 Å². The van der Waals surface area contributed by atoms with Crippen molar-refractivity contribution in [1.29, 1.82) is 0 Å². The SMILES string of the molecule is CC(C)(/C=C/CC(C)(O)C1CC[C@@]2(C)C3C[C@H](O)C4C(C)(C)C(O)CCC4(C)C3CC(O)C12C)OO. The van der Waals surface area contributed by atoms with Crippen molar-refractivity contribution in [1.82, 2.24) is 0 Å². The molecule has 6 heteroatoms. The Hall–Kier alpha value is -0.500. The van der Waals surface area contributed by atoms with Crippen LogP contribution in [-0.2, 0) is 4.89 Å². The highest BCUT2D eigenvalue weighted by atomic mass is 17.1. The summed E-state index contributed by atoms with van der Waals surface area (Å²) in [6.07, 6.45) is 7.31. The summed E-state index contributed by atoms with van der Waals surface area (Å²) in [5.41, 5.74) is -3.07. The minimum absolute atomic E-state index is 0.00213. The predicted octanol–water partition coefficient (Wildman–Crippen LogP) is 4.94. The molecule has 4 rings (SSSR count). The number of fused-ring (bicyclic) bond motifs is 5. The molecular weight excluding hydrogens is 456 g/mol. The van der Waals surface area contributed by atoms with Gasteiger partial charge >= 0.3 is 0 Å². The number of rotatable bonds is 5. The number of aliphatic hydroxyl groups is 4. The van der Waals surface area contributed by atoms with Crippen LogP contribution in [0.4, 0.5) is 0 Å². The second-order valence-corrected chi connectivity index (χ2v) is 15.1. The lowest BCUT2D eigenvalue weighted by Crippen LogP contribution is -2.68. The Bertz CT molecular complexity index is 866. The second kappa shape index (κ2) is 8.76. The topological polar surface area (TPSA) is 110 Å². The van der Waals surface area contributed by atoms with Crippen LogP contribution >= 0.6 is 0 Å². The zero-order chi connectivity index (χ0) is 27.1. The summed E-state index contributed by atoms with van der Waals surface area (Å²) in [6.45, 7) is 16.4. The fraction of sp³-hybridized carbons (Fsp3) is 0.933. The summed E-state index contributed by atoms with van der Waals surface area (Å²) in [6, 6.07) is 0. The van der Waals surface area contributed by atoms with E-state index in [1.54, 1.807) is 19.9 Å². The molecule has 0 aromatic carbocycles. The summed E-state index contributed by atoms with van der Waals surface area (Å²) in [4.78, 5) is 4.51. The molecule has 9 unspecified atom stereocenters. The molecule has 0 spiro atoms. The van der Waals surface area contributed by atoms with Crippen molar-refractivity contribution in [2.24, 2.45) is 45.3 Å². The molecule has 0 radical (unpaired) electrons. The molecule has 4 saturated carbocycles. The number of hydrogen-bond acceptors (Lipinski definition) is 6. The summed E-state index contributed by atoms with van der Waals surface area (Å²) in [7, 11) is 0. The van der Waals surface area contributed by atoms with E-state index in [2.05, 4.69) is 39.5 Å². The van der Waals surface area contributed by atoms with Crippen LogP contribution in [0.3, 0.4) is 0 Å². The highest BCUT2D eigenvalue weighted by molar-refractivity contribution is 5.21. The van der Waals surface area contributed by atoms with Gasteiger partial charge in [0.05, 0.1) is 23.9 Å². The second-order valence-electron chi connectivity index (χ2n) is 15.1. The van der Waals surface area contributed by atoms with Gasteiger partial charge in [-0.25, -0.2) is 4.89 Å². The van der Waals surface area contributed by atoms with Crippen LogP contribution in [0, 0.1) is 45.3 Å². The fourth-order valence-corrected chi connectivity index (χ4v) is 10.3. The van der Waals surface area contributed by atoms with Gasteiger partial charge in [0.15, 0.2) is 0 Å². The third-order valence-electron chi connectivity index (χ3n) is 12.5. The first-order valence-electron chi connectivity index (χ1n) is 14.2. The average molecular weight is 509 g/mol. The lowest BCUT2D eigenvalue weighted by Gasteiger charge is -2.69. The van der Waals surface area contributed by atoms with Gasteiger partial charge < -0.3 is 20.4 Å². The van der Waals surface area contributed by atoms with Crippen molar-refractivity contribution in [3.8, 4) is 0 Å². The van der Waals surface area contributed by atoms with Crippen molar-refractivity contribution in [2.45, 2.75) is 130 Å². The normalized spacial score (nSPS) is 50.3. The zero-order valence-corrected chi connectivity index (χ0v) is 23.8. The van der Waals surface area contributed by atoms with Crippen molar-refractivity contribution in [3.63, 3.8) is 0 Å². The number of hydrogen-bond donors (Lipinski definition) is 5. The Balaban J connectivity index is 1.67. The Morgan fingerprint density at radius 1 is 0.889 bits per heavy atom.